The normalized spacial score (nSPS) is 10.8. The number of aromatic nitrogens is 1. The Bertz CT molecular complexity index is 884. The molecule has 0 spiro atoms. The van der Waals surface area contributed by atoms with Crippen LogP contribution < -0.4 is 0 Å². The van der Waals surface area contributed by atoms with Gasteiger partial charge in [0.05, 0.1) is 11.6 Å². The quantitative estimate of drug-likeness (QED) is 0.674. The molecule has 22 heavy (non-hydrogen) atoms. The number of hydrogen-bond acceptors (Lipinski definition) is 4. The maximum absolute atomic E-state index is 10.7. The molecule has 2 aromatic carbocycles. The van der Waals surface area contributed by atoms with Gasteiger partial charge in [-0.15, -0.1) is 0 Å². The van der Waals surface area contributed by atoms with Crippen LogP contribution in [-0.2, 0) is 0 Å². The van der Waals surface area contributed by atoms with E-state index >= 15 is 0 Å². The molecule has 0 unspecified atom stereocenters. The van der Waals surface area contributed by atoms with Gasteiger partial charge in [-0.1, -0.05) is 26.0 Å². The first kappa shape index (κ1) is 14.0. The smallest absolute Gasteiger partial charge is 0.227 e. The monoisotopic (exact) mass is 290 g/mol. The molecule has 108 valence electrons. The molecule has 4 nitrogen and oxygen atoms in total. The van der Waals surface area contributed by atoms with Gasteiger partial charge >= 0.3 is 0 Å². The van der Waals surface area contributed by atoms with Crippen molar-refractivity contribution in [3.8, 4) is 17.5 Å². The predicted octanol–water partition coefficient (Wildman–Crippen LogP) is 4.30. The molecule has 3 rings (SSSR count). The second kappa shape index (κ2) is 5.45. The van der Waals surface area contributed by atoms with E-state index < -0.39 is 0 Å². The lowest BCUT2D eigenvalue weighted by molar-refractivity contribution is 0.112. The van der Waals surface area contributed by atoms with Gasteiger partial charge in [-0.2, -0.15) is 5.26 Å². The van der Waals surface area contributed by atoms with Crippen LogP contribution >= 0.6 is 0 Å². The molecule has 0 saturated carbocycles. The van der Waals surface area contributed by atoms with Gasteiger partial charge in [0, 0.05) is 16.7 Å². The van der Waals surface area contributed by atoms with Gasteiger partial charge in [-0.05, 0) is 30.2 Å². The van der Waals surface area contributed by atoms with E-state index in [0.717, 1.165) is 17.4 Å². The van der Waals surface area contributed by atoms with E-state index in [0.29, 0.717) is 28.1 Å². The number of benzene rings is 2. The summed E-state index contributed by atoms with van der Waals surface area (Å²) in [5.41, 5.74) is 4.34. The van der Waals surface area contributed by atoms with Gasteiger partial charge < -0.3 is 4.42 Å². The maximum Gasteiger partial charge on any atom is 0.227 e. The number of carbonyl (C=O) groups is 1. The summed E-state index contributed by atoms with van der Waals surface area (Å²) in [5, 5.41) is 9.14. The Morgan fingerprint density at radius 1 is 1.23 bits per heavy atom. The van der Waals surface area contributed by atoms with Crippen molar-refractivity contribution < 1.29 is 9.21 Å². The maximum atomic E-state index is 10.7. The second-order valence-electron chi connectivity index (χ2n) is 5.44. The Labute approximate surface area is 128 Å². The van der Waals surface area contributed by atoms with Crippen LogP contribution in [0.5, 0.6) is 0 Å². The lowest BCUT2D eigenvalue weighted by atomic mass is 10.00. The molecule has 1 aromatic heterocycles. The van der Waals surface area contributed by atoms with Crippen LogP contribution in [0.1, 0.15) is 41.3 Å². The third kappa shape index (κ3) is 2.38. The van der Waals surface area contributed by atoms with Crippen molar-refractivity contribution in [1.82, 2.24) is 4.98 Å². The molecule has 0 aliphatic carbocycles. The third-order valence-corrected chi connectivity index (χ3v) is 3.56. The third-order valence-electron chi connectivity index (χ3n) is 3.56. The lowest BCUT2D eigenvalue weighted by Gasteiger charge is -2.05. The van der Waals surface area contributed by atoms with Gasteiger partial charge in [-0.25, -0.2) is 4.98 Å². The Kier molecular flexibility index (Phi) is 3.48. The molecule has 0 fully saturated rings. The highest BCUT2D eigenvalue weighted by molar-refractivity contribution is 5.82. The van der Waals surface area contributed by atoms with Crippen molar-refractivity contribution in [2.75, 3.05) is 0 Å². The van der Waals surface area contributed by atoms with E-state index in [1.165, 1.54) is 0 Å². The SMILES string of the molecule is CC(C)c1cc(C#N)cc2nc(-c3ccc(C=O)cc3)oc12. The second-order valence-corrected chi connectivity index (χ2v) is 5.44. The van der Waals surface area contributed by atoms with Crippen LogP contribution in [0.3, 0.4) is 0 Å². The van der Waals surface area contributed by atoms with Crippen molar-refractivity contribution in [2.24, 2.45) is 0 Å². The minimum Gasteiger partial charge on any atom is -0.436 e. The van der Waals surface area contributed by atoms with Crippen LogP contribution in [0.25, 0.3) is 22.6 Å². The minimum atomic E-state index is 0.231. The summed E-state index contributed by atoms with van der Waals surface area (Å²) in [6.45, 7) is 4.11. The fraction of sp³-hybridized carbons (Fsp3) is 0.167. The summed E-state index contributed by atoms with van der Waals surface area (Å²) in [6.07, 6.45) is 0.798. The van der Waals surface area contributed by atoms with Gasteiger partial charge in [-0.3, -0.25) is 4.79 Å². The Balaban J connectivity index is 2.18. The van der Waals surface area contributed by atoms with Crippen molar-refractivity contribution in [3.05, 3.63) is 53.1 Å². The largest absolute Gasteiger partial charge is 0.436 e. The zero-order valence-electron chi connectivity index (χ0n) is 12.3. The predicted molar refractivity (Wildman–Crippen MR) is 83.6 cm³/mol. The molecule has 4 heteroatoms. The molecular weight excluding hydrogens is 276 g/mol. The van der Waals surface area contributed by atoms with Crippen molar-refractivity contribution in [2.45, 2.75) is 19.8 Å². The number of nitriles is 1. The topological polar surface area (TPSA) is 66.9 Å². The number of fused-ring (bicyclic) bond motifs is 1. The molecule has 0 atom stereocenters. The number of nitrogens with zero attached hydrogens (tertiary/aromatic N) is 2. The van der Waals surface area contributed by atoms with E-state index in [-0.39, 0.29) is 5.92 Å². The lowest BCUT2D eigenvalue weighted by Crippen LogP contribution is -1.89. The Morgan fingerprint density at radius 3 is 2.55 bits per heavy atom. The standard InChI is InChI=1S/C18H14N2O2/c1-11(2)15-7-13(9-19)8-16-17(15)22-18(20-16)14-5-3-12(10-21)4-6-14/h3-8,10-11H,1-2H3. The summed E-state index contributed by atoms with van der Waals surface area (Å²) < 4.78 is 5.91. The number of carbonyl (C=O) groups excluding carboxylic acids is 1. The van der Waals surface area contributed by atoms with E-state index in [2.05, 4.69) is 24.9 Å². The van der Waals surface area contributed by atoms with Crippen LogP contribution in [0.2, 0.25) is 0 Å². The molecular formula is C18H14N2O2. The van der Waals surface area contributed by atoms with Crippen LogP contribution in [0.15, 0.2) is 40.8 Å². The molecule has 0 aliphatic heterocycles. The summed E-state index contributed by atoms with van der Waals surface area (Å²) in [4.78, 5) is 15.2. The van der Waals surface area contributed by atoms with E-state index in [4.69, 9.17) is 9.68 Å². The number of rotatable bonds is 3. The van der Waals surface area contributed by atoms with Crippen molar-refractivity contribution in [3.63, 3.8) is 0 Å². The Morgan fingerprint density at radius 2 is 1.95 bits per heavy atom. The van der Waals surface area contributed by atoms with Crippen LogP contribution in [-0.4, -0.2) is 11.3 Å². The molecule has 0 N–H and O–H groups in total. The summed E-state index contributed by atoms with van der Waals surface area (Å²) in [6, 6.07) is 12.8. The highest BCUT2D eigenvalue weighted by Gasteiger charge is 2.15. The highest BCUT2D eigenvalue weighted by atomic mass is 16.3. The Hall–Kier alpha value is -2.93. The van der Waals surface area contributed by atoms with Gasteiger partial charge in [0.2, 0.25) is 5.89 Å². The van der Waals surface area contributed by atoms with Gasteiger partial charge in [0.1, 0.15) is 11.8 Å². The van der Waals surface area contributed by atoms with Crippen LogP contribution in [0, 0.1) is 11.3 Å². The average Bonchev–Trinajstić information content (AvgIpc) is 2.97. The molecule has 0 radical (unpaired) electrons. The fourth-order valence-corrected chi connectivity index (χ4v) is 2.38. The van der Waals surface area contributed by atoms with Gasteiger partial charge in [0.15, 0.2) is 5.58 Å². The molecule has 0 saturated heterocycles. The molecule has 0 aliphatic rings. The number of hydrogen-bond donors (Lipinski definition) is 0. The summed E-state index contributed by atoms with van der Waals surface area (Å²) >= 11 is 0. The first-order valence-electron chi connectivity index (χ1n) is 7.02. The molecule has 0 amide bonds. The van der Waals surface area contributed by atoms with E-state index in [1.54, 1.807) is 30.3 Å². The fourth-order valence-electron chi connectivity index (χ4n) is 2.38. The van der Waals surface area contributed by atoms with Crippen molar-refractivity contribution >= 4 is 17.4 Å². The first-order chi connectivity index (χ1) is 10.6. The number of oxazole rings is 1. The van der Waals surface area contributed by atoms with Crippen molar-refractivity contribution in [1.29, 1.82) is 5.26 Å². The average molecular weight is 290 g/mol. The first-order valence-corrected chi connectivity index (χ1v) is 7.02. The number of aldehydes is 1. The zero-order valence-corrected chi connectivity index (χ0v) is 12.3. The zero-order chi connectivity index (χ0) is 15.7. The molecule has 0 bridgehead atoms. The van der Waals surface area contributed by atoms with E-state index in [9.17, 15) is 4.79 Å². The summed E-state index contributed by atoms with van der Waals surface area (Å²) in [5.74, 6) is 0.721. The minimum absolute atomic E-state index is 0.231. The molecule has 1 heterocycles. The van der Waals surface area contributed by atoms with Gasteiger partial charge in [0.25, 0.3) is 0 Å². The van der Waals surface area contributed by atoms with Crippen LogP contribution in [0.4, 0.5) is 0 Å². The summed E-state index contributed by atoms with van der Waals surface area (Å²) in [7, 11) is 0. The highest BCUT2D eigenvalue weighted by Crippen LogP contribution is 2.31. The molecule has 3 aromatic rings. The van der Waals surface area contributed by atoms with E-state index in [1.807, 2.05) is 6.07 Å².